The number of amides is 3. The first-order chi connectivity index (χ1) is 13.1. The molecule has 4 heterocycles. The highest BCUT2D eigenvalue weighted by Gasteiger charge is 2.46. The summed E-state index contributed by atoms with van der Waals surface area (Å²) in [6.07, 6.45) is 3.87. The number of piperidine rings is 1. The fourth-order valence-electron chi connectivity index (χ4n) is 5.03. The Bertz CT molecular complexity index is 848. The summed E-state index contributed by atoms with van der Waals surface area (Å²) in [5.74, 6) is 0.0526. The van der Waals surface area contributed by atoms with E-state index in [1.54, 1.807) is 4.90 Å². The number of nitrogens with one attached hydrogen (secondary N) is 2. The molecular formula is C20H24ClN3O4. The number of fused-ring (bicyclic) bond motifs is 4. The van der Waals surface area contributed by atoms with E-state index in [1.165, 1.54) is 5.56 Å². The van der Waals surface area contributed by atoms with Crippen LogP contribution in [-0.2, 0) is 21.5 Å². The average molecular weight is 406 g/mol. The predicted octanol–water partition coefficient (Wildman–Crippen LogP) is 1.27. The first kappa shape index (κ1) is 19.2. The van der Waals surface area contributed by atoms with Crippen molar-refractivity contribution >= 4 is 30.1 Å². The predicted molar refractivity (Wildman–Crippen MR) is 104 cm³/mol. The molecule has 0 aliphatic carbocycles. The second-order valence-corrected chi connectivity index (χ2v) is 8.04. The summed E-state index contributed by atoms with van der Waals surface area (Å²) in [5, 5.41) is 5.81. The Kier molecular flexibility index (Phi) is 4.83. The Balaban J connectivity index is 0.00000192. The molecule has 0 radical (unpaired) electrons. The van der Waals surface area contributed by atoms with E-state index in [-0.39, 0.29) is 42.0 Å². The van der Waals surface area contributed by atoms with Crippen LogP contribution in [0.15, 0.2) is 12.1 Å². The molecule has 150 valence electrons. The molecule has 28 heavy (non-hydrogen) atoms. The van der Waals surface area contributed by atoms with E-state index in [4.69, 9.17) is 4.74 Å². The van der Waals surface area contributed by atoms with Crippen molar-refractivity contribution in [3.63, 3.8) is 0 Å². The van der Waals surface area contributed by atoms with Crippen LogP contribution in [0.25, 0.3) is 0 Å². The maximum absolute atomic E-state index is 12.9. The molecule has 0 aromatic heterocycles. The molecule has 5 rings (SSSR count). The Morgan fingerprint density at radius 2 is 2.00 bits per heavy atom. The van der Waals surface area contributed by atoms with Gasteiger partial charge in [-0.3, -0.25) is 19.7 Å². The van der Waals surface area contributed by atoms with Crippen LogP contribution < -0.4 is 15.4 Å². The van der Waals surface area contributed by atoms with Gasteiger partial charge in [0.15, 0.2) is 0 Å². The maximum Gasteiger partial charge on any atom is 0.255 e. The van der Waals surface area contributed by atoms with Crippen molar-refractivity contribution in [2.45, 2.75) is 50.1 Å². The van der Waals surface area contributed by atoms with Crippen LogP contribution in [0.1, 0.15) is 53.6 Å². The zero-order valence-electron chi connectivity index (χ0n) is 15.6. The quantitative estimate of drug-likeness (QED) is 0.687. The highest BCUT2D eigenvalue weighted by Crippen LogP contribution is 2.49. The molecule has 1 spiro atoms. The summed E-state index contributed by atoms with van der Waals surface area (Å²) in [4.78, 5) is 38.2. The maximum atomic E-state index is 12.9. The number of carbonyl (C=O) groups excluding carboxylic acids is 3. The van der Waals surface area contributed by atoms with Crippen LogP contribution in [0.2, 0.25) is 0 Å². The van der Waals surface area contributed by atoms with Gasteiger partial charge in [0.2, 0.25) is 11.8 Å². The molecule has 0 saturated carbocycles. The second kappa shape index (κ2) is 7.04. The van der Waals surface area contributed by atoms with Crippen molar-refractivity contribution < 1.29 is 19.1 Å². The number of hydrogen-bond donors (Lipinski definition) is 2. The van der Waals surface area contributed by atoms with Crippen LogP contribution in [0, 0.1) is 0 Å². The number of ether oxygens (including phenoxy) is 1. The Hall–Kier alpha value is -2.12. The summed E-state index contributed by atoms with van der Waals surface area (Å²) in [5.41, 5.74) is 2.76. The number of imide groups is 1. The molecule has 8 heteroatoms. The largest absolute Gasteiger partial charge is 0.492 e. The number of hydrogen-bond acceptors (Lipinski definition) is 5. The van der Waals surface area contributed by atoms with Gasteiger partial charge in [0.05, 0.1) is 13.2 Å². The van der Waals surface area contributed by atoms with Crippen LogP contribution in [-0.4, -0.2) is 48.4 Å². The first-order valence-electron chi connectivity index (χ1n) is 9.74. The van der Waals surface area contributed by atoms with Gasteiger partial charge in [-0.1, -0.05) is 6.07 Å². The molecule has 2 unspecified atom stereocenters. The number of rotatable bonds is 1. The normalized spacial score (nSPS) is 28.9. The van der Waals surface area contributed by atoms with Gasteiger partial charge in [-0.05, 0) is 44.8 Å². The molecule has 2 fully saturated rings. The fraction of sp³-hybridized carbons (Fsp3) is 0.550. The van der Waals surface area contributed by atoms with Crippen LogP contribution >= 0.6 is 12.4 Å². The van der Waals surface area contributed by atoms with E-state index in [0.29, 0.717) is 25.1 Å². The minimum atomic E-state index is -0.587. The molecule has 3 amide bonds. The van der Waals surface area contributed by atoms with Crippen LogP contribution in [0.3, 0.4) is 0 Å². The Morgan fingerprint density at radius 1 is 1.14 bits per heavy atom. The highest BCUT2D eigenvalue weighted by atomic mass is 35.5. The summed E-state index contributed by atoms with van der Waals surface area (Å²) in [6.45, 7) is 3.04. The second-order valence-electron chi connectivity index (χ2n) is 8.04. The standard InChI is InChI=1S/C20H23N3O4.ClH/c24-16-5-4-15(18(25)22-16)23-10-13-12(19(23)26)2-3-14-17(13)27-11-20(14)6-1-8-21-9-7-20;/h2-3,15,21H,1,4-11H2,(H,22,24,25);1H. The third-order valence-corrected chi connectivity index (χ3v) is 6.52. The molecule has 4 aliphatic heterocycles. The minimum absolute atomic E-state index is 0. The van der Waals surface area contributed by atoms with Crippen molar-refractivity contribution in [3.05, 3.63) is 28.8 Å². The summed E-state index contributed by atoms with van der Waals surface area (Å²) >= 11 is 0. The van der Waals surface area contributed by atoms with Crippen molar-refractivity contribution in [3.8, 4) is 5.75 Å². The third-order valence-electron chi connectivity index (χ3n) is 6.52. The summed E-state index contributed by atoms with van der Waals surface area (Å²) in [6, 6.07) is 3.37. The van der Waals surface area contributed by atoms with E-state index in [9.17, 15) is 14.4 Å². The molecule has 1 aromatic carbocycles. The molecule has 1 aromatic rings. The minimum Gasteiger partial charge on any atom is -0.492 e. The van der Waals surface area contributed by atoms with Gasteiger partial charge in [0.1, 0.15) is 11.8 Å². The van der Waals surface area contributed by atoms with Crippen molar-refractivity contribution in [2.24, 2.45) is 0 Å². The molecule has 2 atom stereocenters. The molecular weight excluding hydrogens is 382 g/mol. The van der Waals surface area contributed by atoms with Gasteiger partial charge in [0, 0.05) is 28.5 Å². The Morgan fingerprint density at radius 3 is 2.82 bits per heavy atom. The lowest BCUT2D eigenvalue weighted by Crippen LogP contribution is -2.52. The van der Waals surface area contributed by atoms with Crippen LogP contribution in [0.4, 0.5) is 0 Å². The van der Waals surface area contributed by atoms with Gasteiger partial charge in [0.25, 0.3) is 5.91 Å². The number of benzene rings is 1. The van der Waals surface area contributed by atoms with E-state index in [0.717, 1.165) is 43.7 Å². The molecule has 4 aliphatic rings. The van der Waals surface area contributed by atoms with E-state index in [2.05, 4.69) is 16.7 Å². The highest BCUT2D eigenvalue weighted by molar-refractivity contribution is 6.05. The lowest BCUT2D eigenvalue weighted by Gasteiger charge is -2.29. The topological polar surface area (TPSA) is 87.7 Å². The van der Waals surface area contributed by atoms with Crippen molar-refractivity contribution in [2.75, 3.05) is 19.7 Å². The van der Waals surface area contributed by atoms with Gasteiger partial charge in [-0.25, -0.2) is 0 Å². The van der Waals surface area contributed by atoms with Crippen molar-refractivity contribution in [1.29, 1.82) is 0 Å². The number of nitrogens with zero attached hydrogens (tertiary/aromatic N) is 1. The van der Waals surface area contributed by atoms with Gasteiger partial charge in [-0.15, -0.1) is 12.4 Å². The zero-order chi connectivity index (χ0) is 18.6. The van der Waals surface area contributed by atoms with E-state index < -0.39 is 6.04 Å². The van der Waals surface area contributed by atoms with Gasteiger partial charge >= 0.3 is 0 Å². The summed E-state index contributed by atoms with van der Waals surface area (Å²) < 4.78 is 6.16. The zero-order valence-corrected chi connectivity index (χ0v) is 16.4. The van der Waals surface area contributed by atoms with Gasteiger partial charge in [-0.2, -0.15) is 0 Å². The molecule has 7 nitrogen and oxygen atoms in total. The third kappa shape index (κ3) is 2.79. The smallest absolute Gasteiger partial charge is 0.255 e. The Labute approximate surface area is 169 Å². The first-order valence-corrected chi connectivity index (χ1v) is 9.74. The van der Waals surface area contributed by atoms with Gasteiger partial charge < -0.3 is 15.0 Å². The number of halogens is 1. The summed E-state index contributed by atoms with van der Waals surface area (Å²) in [7, 11) is 0. The van der Waals surface area contributed by atoms with Crippen molar-refractivity contribution in [1.82, 2.24) is 15.5 Å². The monoisotopic (exact) mass is 405 g/mol. The number of carbonyl (C=O) groups is 3. The lowest BCUT2D eigenvalue weighted by atomic mass is 9.75. The van der Waals surface area contributed by atoms with Crippen LogP contribution in [0.5, 0.6) is 5.75 Å². The molecule has 2 saturated heterocycles. The molecule has 0 bridgehead atoms. The SMILES string of the molecule is Cl.O=C1CCC(N2Cc3c(ccc4c3OCC43CCCNCC3)C2=O)C(=O)N1. The van der Waals surface area contributed by atoms with E-state index >= 15 is 0 Å². The van der Waals surface area contributed by atoms with E-state index in [1.807, 2.05) is 6.07 Å². The lowest BCUT2D eigenvalue weighted by molar-refractivity contribution is -0.136. The molecule has 2 N–H and O–H groups in total. The average Bonchev–Trinajstić information content (AvgIpc) is 3.05. The fourth-order valence-corrected chi connectivity index (χ4v) is 5.03.